The molecule has 1 heterocycles. The van der Waals surface area contributed by atoms with Crippen LogP contribution in [0, 0.1) is 0 Å². The summed E-state index contributed by atoms with van der Waals surface area (Å²) in [6.45, 7) is 16.2. The highest BCUT2D eigenvalue weighted by molar-refractivity contribution is 5.73. The van der Waals surface area contributed by atoms with Gasteiger partial charge in [-0.25, -0.2) is 4.39 Å². The Bertz CT molecular complexity index is 693. The fourth-order valence-electron chi connectivity index (χ4n) is 3.29. The molecular weight excluding hydrogens is 311 g/mol. The van der Waals surface area contributed by atoms with E-state index in [2.05, 4.69) is 61.9 Å². The van der Waals surface area contributed by atoms with Gasteiger partial charge in [0.05, 0.1) is 0 Å². The lowest BCUT2D eigenvalue weighted by Crippen LogP contribution is -2.12. The number of allylic oxidation sites excluding steroid dienone is 3. The van der Waals surface area contributed by atoms with Gasteiger partial charge in [-0.2, -0.15) is 0 Å². The number of hydrogen-bond acceptors (Lipinski definition) is 2. The lowest BCUT2D eigenvalue weighted by molar-refractivity contribution is 0.412. The molecule has 1 aromatic rings. The average molecular weight is 340 g/mol. The summed E-state index contributed by atoms with van der Waals surface area (Å²) in [4.78, 5) is 0. The first-order valence-electron chi connectivity index (χ1n) is 8.93. The van der Waals surface area contributed by atoms with Crippen LogP contribution in [0.3, 0.4) is 0 Å². The van der Waals surface area contributed by atoms with Gasteiger partial charge in [0.25, 0.3) is 0 Å². The van der Waals surface area contributed by atoms with E-state index in [1.54, 1.807) is 13.0 Å². The van der Waals surface area contributed by atoms with E-state index in [-0.39, 0.29) is 0 Å². The van der Waals surface area contributed by atoms with Crippen LogP contribution in [0.2, 0.25) is 0 Å². The highest BCUT2D eigenvalue weighted by atomic mass is 19.1. The van der Waals surface area contributed by atoms with E-state index in [0.717, 1.165) is 54.0 Å². The Morgan fingerprint density at radius 2 is 2.04 bits per heavy atom. The van der Waals surface area contributed by atoms with Gasteiger partial charge in [-0.3, -0.25) is 0 Å². The molecule has 0 spiro atoms. The number of hydrogen-bond donors (Lipinski definition) is 2. The van der Waals surface area contributed by atoms with E-state index in [9.17, 15) is 4.39 Å². The summed E-state index contributed by atoms with van der Waals surface area (Å²) in [5, 5.41) is 6.59. The third-order valence-electron chi connectivity index (χ3n) is 4.67. The Kier molecular flexibility index (Phi) is 6.77. The molecule has 2 rings (SSSR count). The fourth-order valence-corrected chi connectivity index (χ4v) is 3.29. The third kappa shape index (κ3) is 4.49. The molecule has 1 aliphatic heterocycles. The lowest BCUT2D eigenvalue weighted by Gasteiger charge is -2.18. The summed E-state index contributed by atoms with van der Waals surface area (Å²) >= 11 is 0. The highest BCUT2D eigenvalue weighted by Gasteiger charge is 2.23. The first-order chi connectivity index (χ1) is 12.0. The second kappa shape index (κ2) is 8.82. The van der Waals surface area contributed by atoms with Crippen molar-refractivity contribution in [1.29, 1.82) is 0 Å². The Hall–Kier alpha value is -2.13. The fraction of sp³-hybridized carbons (Fsp3) is 0.364. The minimum absolute atomic E-state index is 0.708. The molecule has 25 heavy (non-hydrogen) atoms. The van der Waals surface area contributed by atoms with Crippen molar-refractivity contribution < 1.29 is 4.39 Å². The topological polar surface area (TPSA) is 24.1 Å². The van der Waals surface area contributed by atoms with Crippen molar-refractivity contribution in [3.05, 3.63) is 77.0 Å². The van der Waals surface area contributed by atoms with Crippen molar-refractivity contribution in [2.45, 2.75) is 39.9 Å². The van der Waals surface area contributed by atoms with Gasteiger partial charge in [-0.1, -0.05) is 50.4 Å². The van der Waals surface area contributed by atoms with Crippen molar-refractivity contribution in [2.75, 3.05) is 13.1 Å². The van der Waals surface area contributed by atoms with E-state index >= 15 is 0 Å². The molecule has 0 amide bonds. The molecule has 0 aromatic heterocycles. The predicted octanol–water partition coefficient (Wildman–Crippen LogP) is 4.92. The maximum Gasteiger partial charge on any atom is 0.123 e. The molecular formula is C22H29FN2. The van der Waals surface area contributed by atoms with Crippen LogP contribution in [0.1, 0.15) is 38.3 Å². The van der Waals surface area contributed by atoms with E-state index in [0.29, 0.717) is 5.57 Å². The first-order valence-corrected chi connectivity index (χ1v) is 8.93. The zero-order valence-electron chi connectivity index (χ0n) is 15.6. The predicted molar refractivity (Wildman–Crippen MR) is 106 cm³/mol. The van der Waals surface area contributed by atoms with Crippen LogP contribution in [-0.2, 0) is 6.54 Å². The van der Waals surface area contributed by atoms with Crippen LogP contribution in [0.5, 0.6) is 0 Å². The van der Waals surface area contributed by atoms with E-state index in [4.69, 9.17) is 0 Å². The lowest BCUT2D eigenvalue weighted by atomic mass is 9.88. The van der Waals surface area contributed by atoms with Crippen molar-refractivity contribution in [3.63, 3.8) is 0 Å². The van der Waals surface area contributed by atoms with Gasteiger partial charge in [-0.15, -0.1) is 0 Å². The molecule has 0 aliphatic carbocycles. The van der Waals surface area contributed by atoms with Crippen LogP contribution in [0.4, 0.5) is 4.39 Å². The molecule has 134 valence electrons. The highest BCUT2D eigenvalue weighted by Crippen LogP contribution is 2.34. The van der Waals surface area contributed by atoms with Crippen molar-refractivity contribution >= 4 is 5.57 Å². The first kappa shape index (κ1) is 19.2. The molecule has 1 unspecified atom stereocenters. The third-order valence-corrected chi connectivity index (χ3v) is 4.67. The summed E-state index contributed by atoms with van der Waals surface area (Å²) in [5.74, 6) is 0. The Morgan fingerprint density at radius 3 is 2.60 bits per heavy atom. The van der Waals surface area contributed by atoms with Crippen molar-refractivity contribution in [2.24, 2.45) is 0 Å². The molecule has 2 N–H and O–H groups in total. The number of halogens is 1. The second-order valence-corrected chi connectivity index (χ2v) is 6.38. The SMILES string of the molecule is C=CC1=C(C(C)F)/C(=C(\C)c2ccc(CNCC)cc2)CCNC1=C. The van der Waals surface area contributed by atoms with Crippen LogP contribution in [0.15, 0.2) is 65.9 Å². The molecule has 1 atom stereocenters. The maximum atomic E-state index is 14.5. The van der Waals surface area contributed by atoms with Gasteiger partial charge in [-0.05, 0) is 54.7 Å². The largest absolute Gasteiger partial charge is 0.385 e. The quantitative estimate of drug-likeness (QED) is 0.768. The van der Waals surface area contributed by atoms with E-state index < -0.39 is 6.17 Å². The molecule has 0 fully saturated rings. The standard InChI is InChI=1S/C22H29FN2/c1-6-20-17(5)25-13-12-21(22(20)16(4)23)15(3)19-10-8-18(9-11-19)14-24-7-2/h6,8-11,16,24-25H,1,5,7,12-14H2,2-4H3/b21-15+. The number of benzene rings is 1. The zero-order chi connectivity index (χ0) is 18.4. The monoisotopic (exact) mass is 340 g/mol. The smallest absolute Gasteiger partial charge is 0.123 e. The van der Waals surface area contributed by atoms with Gasteiger partial charge in [0.15, 0.2) is 0 Å². The van der Waals surface area contributed by atoms with Crippen molar-refractivity contribution in [1.82, 2.24) is 10.6 Å². The molecule has 1 aromatic carbocycles. The van der Waals surface area contributed by atoms with Crippen molar-refractivity contribution in [3.8, 4) is 0 Å². The molecule has 3 heteroatoms. The van der Waals surface area contributed by atoms with Gasteiger partial charge in [0.2, 0.25) is 0 Å². The molecule has 0 radical (unpaired) electrons. The van der Waals surface area contributed by atoms with E-state index in [1.165, 1.54) is 5.56 Å². The normalized spacial score (nSPS) is 18.5. The van der Waals surface area contributed by atoms with Gasteiger partial charge in [0.1, 0.15) is 6.17 Å². The average Bonchev–Trinajstić information content (AvgIpc) is 2.78. The Labute approximate surface area is 151 Å². The van der Waals surface area contributed by atoms with Gasteiger partial charge < -0.3 is 10.6 Å². The number of alkyl halides is 1. The Morgan fingerprint density at radius 1 is 1.36 bits per heavy atom. The van der Waals surface area contributed by atoms with E-state index in [1.807, 2.05) is 0 Å². The summed E-state index contributed by atoms with van der Waals surface area (Å²) in [6, 6.07) is 8.51. The number of nitrogens with one attached hydrogen (secondary N) is 2. The van der Waals surface area contributed by atoms with Crippen LogP contribution >= 0.6 is 0 Å². The van der Waals surface area contributed by atoms with Gasteiger partial charge in [0, 0.05) is 24.4 Å². The second-order valence-electron chi connectivity index (χ2n) is 6.38. The minimum Gasteiger partial charge on any atom is -0.385 e. The molecule has 0 bridgehead atoms. The summed E-state index contributed by atoms with van der Waals surface area (Å²) in [6.07, 6.45) is 1.41. The summed E-state index contributed by atoms with van der Waals surface area (Å²) in [5.41, 5.74) is 6.79. The molecule has 0 saturated carbocycles. The summed E-state index contributed by atoms with van der Waals surface area (Å²) in [7, 11) is 0. The van der Waals surface area contributed by atoms with Crippen LogP contribution in [0.25, 0.3) is 5.57 Å². The zero-order valence-corrected chi connectivity index (χ0v) is 15.6. The van der Waals surface area contributed by atoms with Gasteiger partial charge >= 0.3 is 0 Å². The number of rotatable bonds is 6. The molecule has 1 aliphatic rings. The minimum atomic E-state index is -1.07. The van der Waals surface area contributed by atoms with Crippen LogP contribution < -0.4 is 10.6 Å². The Balaban J connectivity index is 2.48. The maximum absolute atomic E-state index is 14.5. The molecule has 0 saturated heterocycles. The molecule has 2 nitrogen and oxygen atoms in total. The van der Waals surface area contributed by atoms with Crippen LogP contribution in [-0.4, -0.2) is 19.3 Å². The summed E-state index contributed by atoms with van der Waals surface area (Å²) < 4.78 is 14.5.